The third kappa shape index (κ3) is 3.40. The van der Waals surface area contributed by atoms with E-state index < -0.39 is 0 Å². The lowest BCUT2D eigenvalue weighted by molar-refractivity contribution is -0.138. The van der Waals surface area contributed by atoms with E-state index in [4.69, 9.17) is 4.74 Å². The molecule has 3 nitrogen and oxygen atoms in total. The van der Waals surface area contributed by atoms with Gasteiger partial charge in [0.2, 0.25) is 0 Å². The normalized spacial score (nSPS) is 11.1. The van der Waals surface area contributed by atoms with E-state index in [2.05, 4.69) is 4.98 Å². The van der Waals surface area contributed by atoms with Crippen LogP contribution in [0.4, 0.5) is 0 Å². The molecule has 4 heteroatoms. The van der Waals surface area contributed by atoms with E-state index in [0.29, 0.717) is 0 Å². The van der Waals surface area contributed by atoms with Gasteiger partial charge in [0, 0.05) is 6.08 Å². The van der Waals surface area contributed by atoms with Gasteiger partial charge < -0.3 is 4.74 Å². The number of aromatic nitrogens is 1. The number of nitrogens with zero attached hydrogens (tertiary/aromatic N) is 1. The van der Waals surface area contributed by atoms with Gasteiger partial charge in [0.1, 0.15) is 11.6 Å². The first-order valence-corrected chi connectivity index (χ1v) is 7.79. The molecule has 22 heavy (non-hydrogen) atoms. The van der Waals surface area contributed by atoms with Gasteiger partial charge in [-0.25, -0.2) is 9.78 Å². The molecule has 0 aliphatic heterocycles. The highest BCUT2D eigenvalue weighted by Crippen LogP contribution is 2.22. The fraction of sp³-hybridized carbons (Fsp3) is 0.111. The molecule has 0 radical (unpaired) electrons. The van der Waals surface area contributed by atoms with Crippen molar-refractivity contribution in [3.8, 4) is 0 Å². The zero-order valence-corrected chi connectivity index (χ0v) is 13.0. The summed E-state index contributed by atoms with van der Waals surface area (Å²) in [5.41, 5.74) is 3.08. The van der Waals surface area contributed by atoms with Gasteiger partial charge in [-0.2, -0.15) is 0 Å². The van der Waals surface area contributed by atoms with Crippen LogP contribution < -0.4 is 0 Å². The van der Waals surface area contributed by atoms with E-state index >= 15 is 0 Å². The van der Waals surface area contributed by atoms with Crippen molar-refractivity contribution in [2.45, 2.75) is 13.5 Å². The average molecular weight is 309 g/mol. The minimum Gasteiger partial charge on any atom is -0.455 e. The number of carbonyl (C=O) groups excluding carboxylic acids is 1. The Bertz CT molecular complexity index is 803. The van der Waals surface area contributed by atoms with E-state index in [0.717, 1.165) is 26.4 Å². The molecule has 0 unspecified atom stereocenters. The number of esters is 1. The predicted octanol–water partition coefficient (Wildman–Crippen LogP) is 4.36. The summed E-state index contributed by atoms with van der Waals surface area (Å²) in [5, 5.41) is 0.804. The van der Waals surface area contributed by atoms with Crippen LogP contribution in [0.15, 0.2) is 54.6 Å². The summed E-state index contributed by atoms with van der Waals surface area (Å²) >= 11 is 1.54. The van der Waals surface area contributed by atoms with Crippen molar-refractivity contribution in [2.24, 2.45) is 0 Å². The summed E-state index contributed by atoms with van der Waals surface area (Å²) in [4.78, 5) is 16.2. The molecule has 0 aliphatic rings. The minimum absolute atomic E-state index is 0.205. The number of benzene rings is 2. The number of carbonyl (C=O) groups is 1. The monoisotopic (exact) mass is 309 g/mol. The van der Waals surface area contributed by atoms with Crippen LogP contribution in [0.1, 0.15) is 16.1 Å². The average Bonchev–Trinajstić information content (AvgIpc) is 2.95. The smallest absolute Gasteiger partial charge is 0.331 e. The van der Waals surface area contributed by atoms with Gasteiger partial charge in [-0.15, -0.1) is 11.3 Å². The highest BCUT2D eigenvalue weighted by Gasteiger charge is 2.05. The number of rotatable bonds is 4. The van der Waals surface area contributed by atoms with E-state index in [1.54, 1.807) is 17.4 Å². The van der Waals surface area contributed by atoms with Crippen molar-refractivity contribution in [1.82, 2.24) is 4.98 Å². The first-order chi connectivity index (χ1) is 10.7. The second kappa shape index (κ2) is 6.54. The fourth-order valence-corrected chi connectivity index (χ4v) is 2.97. The van der Waals surface area contributed by atoms with Crippen molar-refractivity contribution < 1.29 is 9.53 Å². The summed E-state index contributed by atoms with van der Waals surface area (Å²) in [7, 11) is 0. The molecular formula is C18H15NO2S. The second-order valence-electron chi connectivity index (χ2n) is 4.87. The molecule has 0 saturated heterocycles. The molecule has 110 valence electrons. The van der Waals surface area contributed by atoms with Gasteiger partial charge in [0.15, 0.2) is 0 Å². The van der Waals surface area contributed by atoms with E-state index in [9.17, 15) is 4.79 Å². The lowest BCUT2D eigenvalue weighted by Gasteiger charge is -2.00. The van der Waals surface area contributed by atoms with Gasteiger partial charge in [0.25, 0.3) is 0 Å². The SMILES string of the molecule is Cc1ccccc1/C=C/C(=O)OCc1nc2ccccc2s1. The number of fused-ring (bicyclic) bond motifs is 1. The van der Waals surface area contributed by atoms with E-state index in [1.165, 1.54) is 6.08 Å². The molecule has 0 N–H and O–H groups in total. The number of hydrogen-bond acceptors (Lipinski definition) is 4. The summed E-state index contributed by atoms with van der Waals surface area (Å²) < 4.78 is 6.34. The quantitative estimate of drug-likeness (QED) is 0.531. The number of thiazole rings is 1. The van der Waals surface area contributed by atoms with Crippen LogP contribution in [0.3, 0.4) is 0 Å². The Hall–Kier alpha value is -2.46. The molecule has 0 bridgehead atoms. The van der Waals surface area contributed by atoms with E-state index in [-0.39, 0.29) is 12.6 Å². The second-order valence-corrected chi connectivity index (χ2v) is 5.99. The number of para-hydroxylation sites is 1. The number of hydrogen-bond donors (Lipinski definition) is 0. The first-order valence-electron chi connectivity index (χ1n) is 6.97. The number of aryl methyl sites for hydroxylation is 1. The standard InChI is InChI=1S/C18H15NO2S/c1-13-6-2-3-7-14(13)10-11-18(20)21-12-17-19-15-8-4-5-9-16(15)22-17/h2-11H,12H2,1H3/b11-10+. The molecule has 1 aromatic heterocycles. The van der Waals surface area contributed by atoms with Crippen molar-refractivity contribution in [3.05, 3.63) is 70.7 Å². The molecule has 0 spiro atoms. The third-order valence-electron chi connectivity index (χ3n) is 3.26. The summed E-state index contributed by atoms with van der Waals surface area (Å²) in [5.74, 6) is -0.359. The topological polar surface area (TPSA) is 39.2 Å². The van der Waals surface area contributed by atoms with Crippen molar-refractivity contribution >= 4 is 33.6 Å². The molecule has 2 aromatic carbocycles. The van der Waals surface area contributed by atoms with Gasteiger partial charge in [-0.1, -0.05) is 36.4 Å². The van der Waals surface area contributed by atoms with Crippen LogP contribution in [0.5, 0.6) is 0 Å². The summed E-state index contributed by atoms with van der Waals surface area (Å²) in [6.07, 6.45) is 3.23. The Balaban J connectivity index is 1.61. The maximum Gasteiger partial charge on any atom is 0.331 e. The largest absolute Gasteiger partial charge is 0.455 e. The van der Waals surface area contributed by atoms with Crippen LogP contribution in [-0.2, 0) is 16.1 Å². The molecular weight excluding hydrogens is 294 g/mol. The molecule has 0 aliphatic carbocycles. The van der Waals surface area contributed by atoms with Gasteiger partial charge in [0.05, 0.1) is 10.2 Å². The van der Waals surface area contributed by atoms with Crippen LogP contribution in [-0.4, -0.2) is 11.0 Å². The highest BCUT2D eigenvalue weighted by molar-refractivity contribution is 7.18. The molecule has 3 rings (SSSR count). The van der Waals surface area contributed by atoms with E-state index in [1.807, 2.05) is 55.5 Å². The Morgan fingerprint density at radius 3 is 2.77 bits per heavy atom. The highest BCUT2D eigenvalue weighted by atomic mass is 32.1. The molecule has 0 saturated carbocycles. The van der Waals surface area contributed by atoms with Crippen molar-refractivity contribution in [2.75, 3.05) is 0 Å². The number of ether oxygens (including phenoxy) is 1. The lowest BCUT2D eigenvalue weighted by atomic mass is 10.1. The van der Waals surface area contributed by atoms with Crippen LogP contribution >= 0.6 is 11.3 Å². The Morgan fingerprint density at radius 2 is 1.95 bits per heavy atom. The third-order valence-corrected chi connectivity index (χ3v) is 4.27. The van der Waals surface area contributed by atoms with Crippen LogP contribution in [0.2, 0.25) is 0 Å². The van der Waals surface area contributed by atoms with Crippen molar-refractivity contribution in [1.29, 1.82) is 0 Å². The molecule has 3 aromatic rings. The van der Waals surface area contributed by atoms with Gasteiger partial charge in [-0.3, -0.25) is 0 Å². The first kappa shape index (κ1) is 14.5. The Morgan fingerprint density at radius 1 is 1.18 bits per heavy atom. The fourth-order valence-electron chi connectivity index (χ4n) is 2.09. The molecule has 0 fully saturated rings. The Labute approximate surface area is 132 Å². The zero-order chi connectivity index (χ0) is 15.4. The molecule has 0 amide bonds. The van der Waals surface area contributed by atoms with Crippen LogP contribution in [0, 0.1) is 6.92 Å². The Kier molecular flexibility index (Phi) is 4.30. The lowest BCUT2D eigenvalue weighted by Crippen LogP contribution is -2.00. The predicted molar refractivity (Wildman–Crippen MR) is 89.6 cm³/mol. The summed E-state index contributed by atoms with van der Waals surface area (Å²) in [6, 6.07) is 15.8. The van der Waals surface area contributed by atoms with Gasteiger partial charge >= 0.3 is 5.97 Å². The van der Waals surface area contributed by atoms with Crippen molar-refractivity contribution in [3.63, 3.8) is 0 Å². The maximum atomic E-state index is 11.8. The zero-order valence-electron chi connectivity index (χ0n) is 12.2. The molecule has 0 atom stereocenters. The molecule has 1 heterocycles. The maximum absolute atomic E-state index is 11.8. The van der Waals surface area contributed by atoms with Crippen LogP contribution in [0.25, 0.3) is 16.3 Å². The summed E-state index contributed by atoms with van der Waals surface area (Å²) in [6.45, 7) is 2.21. The minimum atomic E-state index is -0.359. The van der Waals surface area contributed by atoms with Gasteiger partial charge in [-0.05, 0) is 36.3 Å².